The lowest BCUT2D eigenvalue weighted by atomic mass is 10.2. The van der Waals surface area contributed by atoms with Crippen LogP contribution >= 0.6 is 0 Å². The van der Waals surface area contributed by atoms with Crippen LogP contribution in [0.4, 0.5) is 0 Å². The number of rotatable bonds is 8. The Hall–Kier alpha value is -3.01. The lowest BCUT2D eigenvalue weighted by Gasteiger charge is -2.33. The fourth-order valence-corrected chi connectivity index (χ4v) is 4.75. The van der Waals surface area contributed by atoms with Crippen LogP contribution in [0.15, 0.2) is 64.6 Å². The minimum atomic E-state index is -3.51. The number of methoxy groups -OCH3 is 1. The first-order valence-corrected chi connectivity index (χ1v) is 11.7. The lowest BCUT2D eigenvalue weighted by Crippen LogP contribution is -2.50. The van der Waals surface area contributed by atoms with Crippen molar-refractivity contribution in [3.8, 4) is 5.75 Å². The van der Waals surface area contributed by atoms with Crippen molar-refractivity contribution in [1.82, 2.24) is 14.6 Å². The van der Waals surface area contributed by atoms with E-state index < -0.39 is 10.0 Å². The number of carbonyl (C=O) groups is 1. The largest absolute Gasteiger partial charge is 0.496 e. The van der Waals surface area contributed by atoms with E-state index in [4.69, 9.17) is 4.74 Å². The molecule has 0 saturated carbocycles. The molecule has 9 heteroatoms. The number of allylic oxidation sites excluding steroid dienone is 1. The molecule has 1 saturated heterocycles. The first-order valence-electron chi connectivity index (χ1n) is 10.3. The van der Waals surface area contributed by atoms with Gasteiger partial charge in [0, 0.05) is 38.0 Å². The summed E-state index contributed by atoms with van der Waals surface area (Å²) in [6.45, 7) is 3.72. The van der Waals surface area contributed by atoms with Gasteiger partial charge in [-0.05, 0) is 37.3 Å². The van der Waals surface area contributed by atoms with Crippen molar-refractivity contribution in [2.24, 2.45) is 5.10 Å². The Morgan fingerprint density at radius 3 is 2.47 bits per heavy atom. The number of nitrogens with zero attached hydrogens (tertiary/aromatic N) is 3. The molecule has 1 aliphatic rings. The lowest BCUT2D eigenvalue weighted by molar-refractivity contribution is -0.122. The van der Waals surface area contributed by atoms with Crippen molar-refractivity contribution in [3.63, 3.8) is 0 Å². The number of hydrogen-bond acceptors (Lipinski definition) is 6. The van der Waals surface area contributed by atoms with Crippen molar-refractivity contribution in [1.29, 1.82) is 0 Å². The van der Waals surface area contributed by atoms with Gasteiger partial charge in [0.2, 0.25) is 10.0 Å². The highest BCUT2D eigenvalue weighted by atomic mass is 32.2. The summed E-state index contributed by atoms with van der Waals surface area (Å²) in [7, 11) is -1.90. The van der Waals surface area contributed by atoms with E-state index in [0.717, 1.165) is 16.9 Å². The van der Waals surface area contributed by atoms with Crippen molar-refractivity contribution < 1.29 is 17.9 Å². The molecule has 2 aromatic carbocycles. The van der Waals surface area contributed by atoms with Gasteiger partial charge in [0.15, 0.2) is 0 Å². The molecule has 1 amide bonds. The highest BCUT2D eigenvalue weighted by Crippen LogP contribution is 2.19. The Morgan fingerprint density at radius 1 is 1.09 bits per heavy atom. The Bertz CT molecular complexity index is 1070. The molecule has 0 atom stereocenters. The molecule has 32 heavy (non-hydrogen) atoms. The van der Waals surface area contributed by atoms with Gasteiger partial charge in [0.25, 0.3) is 5.91 Å². The topological polar surface area (TPSA) is 91.3 Å². The maximum atomic E-state index is 12.8. The van der Waals surface area contributed by atoms with Crippen LogP contribution in [0.3, 0.4) is 0 Å². The van der Waals surface area contributed by atoms with Gasteiger partial charge in [0.1, 0.15) is 5.75 Å². The average Bonchev–Trinajstić information content (AvgIpc) is 2.80. The third-order valence-corrected chi connectivity index (χ3v) is 7.03. The second-order valence-corrected chi connectivity index (χ2v) is 9.35. The van der Waals surface area contributed by atoms with E-state index in [-0.39, 0.29) is 12.5 Å². The second-order valence-electron chi connectivity index (χ2n) is 7.41. The summed E-state index contributed by atoms with van der Waals surface area (Å²) in [6, 6.07) is 14.4. The van der Waals surface area contributed by atoms with Gasteiger partial charge in [-0.2, -0.15) is 9.41 Å². The molecule has 0 spiro atoms. The van der Waals surface area contributed by atoms with Crippen LogP contribution in [0.2, 0.25) is 0 Å². The number of benzene rings is 2. The molecule has 2 aromatic rings. The third kappa shape index (κ3) is 6.25. The Balaban J connectivity index is 1.44. The number of nitrogens with one attached hydrogen (secondary N) is 1. The fourth-order valence-electron chi connectivity index (χ4n) is 3.33. The van der Waals surface area contributed by atoms with Crippen LogP contribution in [-0.4, -0.2) is 69.6 Å². The number of piperazine rings is 1. The molecule has 1 heterocycles. The number of aryl methyl sites for hydroxylation is 1. The minimum Gasteiger partial charge on any atom is -0.496 e. The smallest absolute Gasteiger partial charge is 0.254 e. The van der Waals surface area contributed by atoms with Crippen molar-refractivity contribution in [2.45, 2.75) is 11.8 Å². The second kappa shape index (κ2) is 11.0. The van der Waals surface area contributed by atoms with E-state index in [9.17, 15) is 13.2 Å². The fraction of sp³-hybridized carbons (Fsp3) is 0.304. The molecular weight excluding hydrogens is 428 g/mol. The minimum absolute atomic E-state index is 0.159. The van der Waals surface area contributed by atoms with Crippen LogP contribution in [0, 0.1) is 6.92 Å². The van der Waals surface area contributed by atoms with Crippen LogP contribution in [0.5, 0.6) is 5.75 Å². The summed E-state index contributed by atoms with van der Waals surface area (Å²) in [5.74, 6) is 0.506. The zero-order valence-electron chi connectivity index (χ0n) is 18.3. The number of hydrazone groups is 1. The first-order chi connectivity index (χ1) is 15.4. The molecule has 8 nitrogen and oxygen atoms in total. The van der Waals surface area contributed by atoms with Crippen LogP contribution < -0.4 is 10.2 Å². The summed E-state index contributed by atoms with van der Waals surface area (Å²) in [6.07, 6.45) is 5.05. The molecule has 0 unspecified atom stereocenters. The number of hydrogen-bond donors (Lipinski definition) is 1. The van der Waals surface area contributed by atoms with Crippen molar-refractivity contribution in [2.75, 3.05) is 39.8 Å². The molecule has 1 fully saturated rings. The molecule has 1 aliphatic heterocycles. The molecule has 0 radical (unpaired) electrons. The van der Waals surface area contributed by atoms with Gasteiger partial charge in [0.05, 0.1) is 18.6 Å². The number of sulfonamides is 1. The average molecular weight is 457 g/mol. The van der Waals surface area contributed by atoms with Gasteiger partial charge in [-0.3, -0.25) is 9.69 Å². The Kier molecular flexibility index (Phi) is 8.15. The SMILES string of the molecule is COc1ccccc1C=CC=NNC(=O)CN1CCN(S(=O)(=O)c2ccc(C)cc2)CC1. The maximum absolute atomic E-state index is 12.8. The summed E-state index contributed by atoms with van der Waals surface area (Å²) in [5, 5.41) is 3.92. The summed E-state index contributed by atoms with van der Waals surface area (Å²) >= 11 is 0. The number of carbonyl (C=O) groups excluding carboxylic acids is 1. The van der Waals surface area contributed by atoms with Gasteiger partial charge in [-0.15, -0.1) is 0 Å². The molecule has 3 rings (SSSR count). The van der Waals surface area contributed by atoms with E-state index in [2.05, 4.69) is 10.5 Å². The van der Waals surface area contributed by atoms with Gasteiger partial charge in [-0.1, -0.05) is 35.9 Å². The van der Waals surface area contributed by atoms with Crippen LogP contribution in [-0.2, 0) is 14.8 Å². The van der Waals surface area contributed by atoms with E-state index >= 15 is 0 Å². The molecule has 0 aromatic heterocycles. The molecule has 0 bridgehead atoms. The molecule has 170 valence electrons. The highest BCUT2D eigenvalue weighted by molar-refractivity contribution is 7.89. The summed E-state index contributed by atoms with van der Waals surface area (Å²) in [5.41, 5.74) is 4.41. The summed E-state index contributed by atoms with van der Waals surface area (Å²) < 4.78 is 32.3. The molecule has 0 aliphatic carbocycles. The Labute approximate surface area is 189 Å². The number of para-hydroxylation sites is 1. The van der Waals surface area contributed by atoms with Crippen LogP contribution in [0.25, 0.3) is 6.08 Å². The zero-order chi connectivity index (χ0) is 23.0. The van der Waals surface area contributed by atoms with E-state index in [1.165, 1.54) is 10.5 Å². The quantitative estimate of drug-likeness (QED) is 0.485. The zero-order valence-corrected chi connectivity index (χ0v) is 19.1. The predicted molar refractivity (Wildman–Crippen MR) is 125 cm³/mol. The van der Waals surface area contributed by atoms with Gasteiger partial charge < -0.3 is 4.74 Å². The van der Waals surface area contributed by atoms with E-state index in [1.807, 2.05) is 42.2 Å². The third-order valence-electron chi connectivity index (χ3n) is 5.12. The van der Waals surface area contributed by atoms with E-state index in [1.54, 1.807) is 37.5 Å². The van der Waals surface area contributed by atoms with Gasteiger partial charge >= 0.3 is 0 Å². The normalized spacial score (nSPS) is 15.9. The number of amides is 1. The predicted octanol–water partition coefficient (Wildman–Crippen LogP) is 2.13. The first kappa shape index (κ1) is 23.6. The molecular formula is C23H28N4O4S. The standard InChI is InChI=1S/C23H28N4O4S/c1-19-9-11-21(12-10-19)32(29,30)27-16-14-26(15-17-27)18-23(28)25-24-13-5-7-20-6-3-4-8-22(20)31-2/h3-13H,14-18H2,1-2H3,(H,25,28). The monoisotopic (exact) mass is 456 g/mol. The van der Waals surface area contributed by atoms with Crippen molar-refractivity contribution >= 4 is 28.2 Å². The van der Waals surface area contributed by atoms with E-state index in [0.29, 0.717) is 31.1 Å². The maximum Gasteiger partial charge on any atom is 0.254 e. The van der Waals surface area contributed by atoms with Crippen molar-refractivity contribution in [3.05, 3.63) is 65.7 Å². The van der Waals surface area contributed by atoms with Gasteiger partial charge in [-0.25, -0.2) is 13.8 Å². The Morgan fingerprint density at radius 2 is 1.78 bits per heavy atom. The number of ether oxygens (including phenoxy) is 1. The highest BCUT2D eigenvalue weighted by Gasteiger charge is 2.28. The molecule has 1 N–H and O–H groups in total. The van der Waals surface area contributed by atoms with Crippen LogP contribution in [0.1, 0.15) is 11.1 Å². The summed E-state index contributed by atoms with van der Waals surface area (Å²) in [4.78, 5) is 14.3.